The molecule has 4 rings (SSSR count). The van der Waals surface area contributed by atoms with E-state index in [1.54, 1.807) is 22.6 Å². The third kappa shape index (κ3) is 7.26. The third-order valence-electron chi connectivity index (χ3n) is 6.39. The first-order valence-corrected chi connectivity index (χ1v) is 14.1. The van der Waals surface area contributed by atoms with Crippen molar-refractivity contribution in [2.75, 3.05) is 39.9 Å². The highest BCUT2D eigenvalue weighted by molar-refractivity contribution is 7.90. The number of aliphatic hydroxyl groups excluding tert-OH is 1. The lowest BCUT2D eigenvalue weighted by molar-refractivity contribution is 0.101. The van der Waals surface area contributed by atoms with Crippen molar-refractivity contribution in [3.05, 3.63) is 65.6 Å². The fourth-order valence-corrected chi connectivity index (χ4v) is 5.93. The normalized spacial score (nSPS) is 15.9. The van der Waals surface area contributed by atoms with Crippen molar-refractivity contribution in [2.45, 2.75) is 37.3 Å². The molecule has 0 spiro atoms. The molecular weight excluding hydrogens is 512 g/mol. The maximum absolute atomic E-state index is 13.4. The fourth-order valence-electron chi connectivity index (χ4n) is 4.34. The Morgan fingerprint density at radius 3 is 2.61 bits per heavy atom. The van der Waals surface area contributed by atoms with E-state index in [0.717, 1.165) is 5.56 Å². The minimum atomic E-state index is -3.70. The summed E-state index contributed by atoms with van der Waals surface area (Å²) in [5, 5.41) is 19.3. The molecular formula is C25H34N6O6S. The Balaban J connectivity index is 1.58. The van der Waals surface area contributed by atoms with Gasteiger partial charge in [-0.15, -0.1) is 10.2 Å². The average molecular weight is 547 g/mol. The summed E-state index contributed by atoms with van der Waals surface area (Å²) in [6.45, 7) is 1.48. The van der Waals surface area contributed by atoms with Gasteiger partial charge in [-0.05, 0) is 50.7 Å². The molecule has 1 fully saturated rings. The van der Waals surface area contributed by atoms with Crippen molar-refractivity contribution < 1.29 is 27.8 Å². The maximum Gasteiger partial charge on any atom is 0.407 e. The van der Waals surface area contributed by atoms with Crippen LogP contribution in [0, 0.1) is 0 Å². The highest BCUT2D eigenvalue weighted by atomic mass is 32.2. The van der Waals surface area contributed by atoms with Gasteiger partial charge in [0.25, 0.3) is 0 Å². The number of ether oxygens (including phenoxy) is 2. The Morgan fingerprint density at radius 2 is 1.87 bits per heavy atom. The van der Waals surface area contributed by atoms with Gasteiger partial charge in [-0.25, -0.2) is 17.9 Å². The molecule has 3 aromatic rings. The highest BCUT2D eigenvalue weighted by Crippen LogP contribution is 2.22. The fraction of sp³-hybridized carbons (Fsp3) is 0.480. The highest BCUT2D eigenvalue weighted by Gasteiger charge is 2.33. The Hall–Kier alpha value is -3.10. The quantitative estimate of drug-likeness (QED) is 0.305. The van der Waals surface area contributed by atoms with Crippen LogP contribution in [0.4, 0.5) is 4.79 Å². The van der Waals surface area contributed by atoms with Crippen LogP contribution in [-0.2, 0) is 32.7 Å². The molecule has 0 aliphatic carbocycles. The summed E-state index contributed by atoms with van der Waals surface area (Å²) in [7, 11) is -1.72. The third-order valence-corrected chi connectivity index (χ3v) is 8.35. The van der Waals surface area contributed by atoms with Crippen molar-refractivity contribution in [3.8, 4) is 0 Å². The molecule has 1 amide bonds. The molecule has 12 nitrogen and oxygen atoms in total. The molecule has 1 aliphatic rings. The number of sulfonamides is 1. The molecule has 2 aromatic heterocycles. The molecule has 1 aromatic carbocycles. The van der Waals surface area contributed by atoms with E-state index in [1.165, 1.54) is 0 Å². The van der Waals surface area contributed by atoms with Gasteiger partial charge in [0.05, 0.1) is 30.8 Å². The molecule has 0 radical (unpaired) electrons. The molecule has 3 N–H and O–H groups in total. The number of aromatic nitrogens is 3. The number of rotatable bonds is 12. The first-order valence-electron chi connectivity index (χ1n) is 12.5. The van der Waals surface area contributed by atoms with Crippen LogP contribution in [0.15, 0.2) is 48.5 Å². The van der Waals surface area contributed by atoms with Gasteiger partial charge in [0.2, 0.25) is 10.0 Å². The van der Waals surface area contributed by atoms with E-state index in [9.17, 15) is 13.2 Å². The van der Waals surface area contributed by atoms with Crippen LogP contribution in [0.5, 0.6) is 0 Å². The van der Waals surface area contributed by atoms with E-state index in [1.807, 2.05) is 37.4 Å². The lowest BCUT2D eigenvalue weighted by atomic mass is 10.1. The van der Waals surface area contributed by atoms with E-state index in [4.69, 9.17) is 14.6 Å². The summed E-state index contributed by atoms with van der Waals surface area (Å²) in [5.41, 5.74) is 1.98. The number of hydrogen-bond donors (Lipinski definition) is 3. The van der Waals surface area contributed by atoms with E-state index in [0.29, 0.717) is 49.7 Å². The number of piperidine rings is 1. The van der Waals surface area contributed by atoms with Crippen molar-refractivity contribution in [1.82, 2.24) is 29.5 Å². The van der Waals surface area contributed by atoms with E-state index in [-0.39, 0.29) is 26.4 Å². The lowest BCUT2D eigenvalue weighted by Crippen LogP contribution is -2.44. The number of nitrogens with zero attached hydrogens (tertiary/aromatic N) is 4. The number of likely N-dealkylation sites (tertiary alicyclic amines) is 1. The van der Waals surface area contributed by atoms with Gasteiger partial charge in [-0.1, -0.05) is 36.4 Å². The standard InChI is InChI=1S/C25H34N6O6S/c1-30-13-10-21(11-14-30)38(34,35)29-22(18-36-16-19-6-3-2-4-7-19)24-28-27-23-9-5-8-20(31(23)24)17-37-25(33)26-12-15-32/h2-9,21-22,29,32H,10-18H2,1H3,(H,26,33). The molecule has 0 saturated carbocycles. The van der Waals surface area contributed by atoms with E-state index >= 15 is 0 Å². The number of fused-ring (bicyclic) bond motifs is 1. The SMILES string of the molecule is CN1CCC(S(=O)(=O)NC(COCc2ccccc2)c2nnc3cccc(COC(=O)NCCO)n23)CC1. The molecule has 0 bridgehead atoms. The number of hydrogen-bond acceptors (Lipinski definition) is 9. The summed E-state index contributed by atoms with van der Waals surface area (Å²) in [6, 6.07) is 14.0. The van der Waals surface area contributed by atoms with Gasteiger partial charge in [-0.3, -0.25) is 4.40 Å². The smallest absolute Gasteiger partial charge is 0.407 e. The number of nitrogens with one attached hydrogen (secondary N) is 2. The summed E-state index contributed by atoms with van der Waals surface area (Å²) in [4.78, 5) is 14.0. The summed E-state index contributed by atoms with van der Waals surface area (Å²) in [6.07, 6.45) is 0.384. The van der Waals surface area contributed by atoms with Crippen LogP contribution in [0.25, 0.3) is 5.65 Å². The van der Waals surface area contributed by atoms with E-state index < -0.39 is 27.4 Å². The van der Waals surface area contributed by atoms with Crippen molar-refractivity contribution in [3.63, 3.8) is 0 Å². The first-order chi connectivity index (χ1) is 18.4. The zero-order valence-corrected chi connectivity index (χ0v) is 22.1. The topological polar surface area (TPSA) is 147 Å². The number of amides is 1. The number of aliphatic hydroxyl groups is 1. The van der Waals surface area contributed by atoms with Crippen LogP contribution in [0.3, 0.4) is 0 Å². The van der Waals surface area contributed by atoms with Crippen molar-refractivity contribution in [1.29, 1.82) is 0 Å². The Kier molecular flexibility index (Phi) is 9.63. The Labute approximate surface area is 222 Å². The van der Waals surface area contributed by atoms with Gasteiger partial charge in [0.15, 0.2) is 11.5 Å². The molecule has 1 unspecified atom stereocenters. The zero-order valence-electron chi connectivity index (χ0n) is 21.3. The van der Waals surface area contributed by atoms with Crippen LogP contribution < -0.4 is 10.0 Å². The molecule has 1 atom stereocenters. The van der Waals surface area contributed by atoms with Gasteiger partial charge in [-0.2, -0.15) is 0 Å². The number of pyridine rings is 1. The zero-order chi connectivity index (χ0) is 27.0. The van der Waals surface area contributed by atoms with Gasteiger partial charge in [0.1, 0.15) is 12.6 Å². The molecule has 1 saturated heterocycles. The molecule has 1 aliphatic heterocycles. The number of alkyl carbamates (subject to hydrolysis) is 1. The first kappa shape index (κ1) is 27.9. The minimum Gasteiger partial charge on any atom is -0.443 e. The van der Waals surface area contributed by atoms with Gasteiger partial charge in [0, 0.05) is 6.54 Å². The maximum atomic E-state index is 13.4. The Morgan fingerprint density at radius 1 is 1.11 bits per heavy atom. The Bertz CT molecular complexity index is 1290. The predicted molar refractivity (Wildman–Crippen MR) is 140 cm³/mol. The number of carbonyl (C=O) groups is 1. The van der Waals surface area contributed by atoms with Crippen LogP contribution in [0.1, 0.15) is 36.0 Å². The second-order valence-electron chi connectivity index (χ2n) is 9.21. The lowest BCUT2D eigenvalue weighted by Gasteiger charge is -2.30. The van der Waals surface area contributed by atoms with Crippen molar-refractivity contribution in [2.24, 2.45) is 0 Å². The number of benzene rings is 1. The van der Waals surface area contributed by atoms with Crippen molar-refractivity contribution >= 4 is 21.8 Å². The van der Waals surface area contributed by atoms with Gasteiger partial charge >= 0.3 is 6.09 Å². The monoisotopic (exact) mass is 546 g/mol. The largest absolute Gasteiger partial charge is 0.443 e. The second kappa shape index (κ2) is 13.1. The number of carbonyl (C=O) groups excluding carboxylic acids is 1. The summed E-state index contributed by atoms with van der Waals surface area (Å²) < 4.78 is 42.6. The average Bonchev–Trinajstić information content (AvgIpc) is 3.36. The van der Waals surface area contributed by atoms with Gasteiger partial charge < -0.3 is 24.8 Å². The predicted octanol–water partition coefficient (Wildman–Crippen LogP) is 1.22. The second-order valence-corrected chi connectivity index (χ2v) is 11.2. The molecule has 38 heavy (non-hydrogen) atoms. The van der Waals surface area contributed by atoms with Crippen LogP contribution >= 0.6 is 0 Å². The van der Waals surface area contributed by atoms with Crippen LogP contribution in [-0.4, -0.2) is 84.3 Å². The molecule has 13 heteroatoms. The minimum absolute atomic E-state index is 0.0215. The summed E-state index contributed by atoms with van der Waals surface area (Å²) in [5.74, 6) is 0.333. The molecule has 206 valence electrons. The van der Waals surface area contributed by atoms with Crippen LogP contribution in [0.2, 0.25) is 0 Å². The molecule has 3 heterocycles. The summed E-state index contributed by atoms with van der Waals surface area (Å²) >= 11 is 0. The van der Waals surface area contributed by atoms with E-state index in [2.05, 4.69) is 25.1 Å².